The summed E-state index contributed by atoms with van der Waals surface area (Å²) in [5.74, 6) is 0.803. The second kappa shape index (κ2) is 6.23. The molecule has 0 aliphatic carbocycles. The van der Waals surface area contributed by atoms with Crippen molar-refractivity contribution < 1.29 is 9.53 Å². The Labute approximate surface area is 117 Å². The van der Waals surface area contributed by atoms with Crippen molar-refractivity contribution in [2.45, 2.75) is 38.4 Å². The Morgan fingerprint density at radius 2 is 2.11 bits per heavy atom. The summed E-state index contributed by atoms with van der Waals surface area (Å²) in [5, 5.41) is 2.86. The number of carbonyl (C=O) groups excluding carboxylic acids is 1. The number of hydrogen-bond acceptors (Lipinski definition) is 2. The van der Waals surface area contributed by atoms with E-state index in [0.717, 1.165) is 23.4 Å². The van der Waals surface area contributed by atoms with Crippen molar-refractivity contribution in [2.75, 3.05) is 11.9 Å². The molecule has 4 heteroatoms. The number of nitrogens with one attached hydrogen (secondary N) is 1. The van der Waals surface area contributed by atoms with Crippen molar-refractivity contribution in [1.29, 1.82) is 0 Å². The summed E-state index contributed by atoms with van der Waals surface area (Å²) in [6.07, 6.45) is 0.982. The molecule has 0 heterocycles. The summed E-state index contributed by atoms with van der Waals surface area (Å²) < 4.78 is 5.02. The number of carbonyl (C=O) groups is 1. The van der Waals surface area contributed by atoms with Crippen LogP contribution in [0, 0.1) is 6.92 Å². The topological polar surface area (TPSA) is 38.3 Å². The van der Waals surface area contributed by atoms with Gasteiger partial charge in [-0.25, -0.2) is 0 Å². The van der Waals surface area contributed by atoms with Gasteiger partial charge in [-0.2, -0.15) is 0 Å². The van der Waals surface area contributed by atoms with Crippen molar-refractivity contribution in [3.05, 3.63) is 23.8 Å². The molecule has 1 rings (SSSR count). The second-order valence-electron chi connectivity index (χ2n) is 4.76. The molecule has 0 fully saturated rings. The molecule has 0 bridgehead atoms. The highest BCUT2D eigenvalue weighted by Gasteiger charge is 2.23. The van der Waals surface area contributed by atoms with Crippen LogP contribution >= 0.6 is 15.9 Å². The average Bonchev–Trinajstić information content (AvgIpc) is 2.26. The Morgan fingerprint density at radius 1 is 1.44 bits per heavy atom. The third-order valence-electron chi connectivity index (χ3n) is 2.43. The van der Waals surface area contributed by atoms with Crippen LogP contribution in [0.15, 0.2) is 18.2 Å². The molecule has 0 spiro atoms. The zero-order chi connectivity index (χ0) is 13.8. The Bertz CT molecular complexity index is 424. The van der Waals surface area contributed by atoms with Gasteiger partial charge in [-0.15, -0.1) is 0 Å². The first kappa shape index (κ1) is 15.0. The van der Waals surface area contributed by atoms with Gasteiger partial charge in [-0.3, -0.25) is 4.79 Å². The van der Waals surface area contributed by atoms with E-state index in [1.807, 2.05) is 39.0 Å². The summed E-state index contributed by atoms with van der Waals surface area (Å²) in [5.41, 5.74) is 1.81. The summed E-state index contributed by atoms with van der Waals surface area (Å²) in [6, 6.07) is 5.66. The van der Waals surface area contributed by atoms with Crippen LogP contribution in [0.2, 0.25) is 0 Å². The standard InChI is InChI=1S/C14H20BrNO2/c1-5-8-18-12-7-6-11(9-10(12)2)16-13(17)14(3,4)15/h6-7,9H,5,8H2,1-4H3,(H,16,17). The van der Waals surface area contributed by atoms with Crippen LogP contribution in [-0.2, 0) is 4.79 Å². The van der Waals surface area contributed by atoms with E-state index in [0.29, 0.717) is 6.61 Å². The van der Waals surface area contributed by atoms with E-state index in [1.165, 1.54) is 0 Å². The minimum atomic E-state index is -0.571. The van der Waals surface area contributed by atoms with Gasteiger partial charge in [0.05, 0.1) is 10.9 Å². The van der Waals surface area contributed by atoms with Crippen LogP contribution in [0.4, 0.5) is 5.69 Å². The number of hydrogen-bond donors (Lipinski definition) is 1. The van der Waals surface area contributed by atoms with Gasteiger partial charge in [0, 0.05) is 5.69 Å². The van der Waals surface area contributed by atoms with Crippen molar-refractivity contribution in [1.82, 2.24) is 0 Å². The summed E-state index contributed by atoms with van der Waals surface area (Å²) in [7, 11) is 0. The fourth-order valence-electron chi connectivity index (χ4n) is 1.38. The Morgan fingerprint density at radius 3 is 2.61 bits per heavy atom. The zero-order valence-corrected chi connectivity index (χ0v) is 12.9. The van der Waals surface area contributed by atoms with Crippen LogP contribution in [0.5, 0.6) is 5.75 Å². The molecular formula is C14H20BrNO2. The maximum Gasteiger partial charge on any atom is 0.240 e. The highest BCUT2D eigenvalue weighted by Crippen LogP contribution is 2.24. The number of halogens is 1. The molecule has 0 saturated carbocycles. The van der Waals surface area contributed by atoms with Crippen molar-refractivity contribution >= 4 is 27.5 Å². The number of alkyl halides is 1. The Hall–Kier alpha value is -1.03. The third-order valence-corrected chi connectivity index (χ3v) is 2.79. The van der Waals surface area contributed by atoms with Gasteiger partial charge in [0.25, 0.3) is 0 Å². The lowest BCUT2D eigenvalue weighted by molar-refractivity contribution is -0.117. The predicted molar refractivity (Wildman–Crippen MR) is 78.6 cm³/mol. The molecule has 1 amide bonds. The molecule has 0 aliphatic rings. The van der Waals surface area contributed by atoms with Gasteiger partial charge in [0.15, 0.2) is 0 Å². The van der Waals surface area contributed by atoms with E-state index in [1.54, 1.807) is 0 Å². The van der Waals surface area contributed by atoms with Crippen molar-refractivity contribution in [3.8, 4) is 5.75 Å². The fraction of sp³-hybridized carbons (Fsp3) is 0.500. The number of ether oxygens (including phenoxy) is 1. The molecule has 0 unspecified atom stereocenters. The van der Waals surface area contributed by atoms with Crippen LogP contribution in [-0.4, -0.2) is 16.8 Å². The van der Waals surface area contributed by atoms with Crippen molar-refractivity contribution in [2.24, 2.45) is 0 Å². The number of anilines is 1. The molecule has 1 N–H and O–H groups in total. The summed E-state index contributed by atoms with van der Waals surface area (Å²) in [4.78, 5) is 11.8. The lowest BCUT2D eigenvalue weighted by atomic mass is 10.1. The van der Waals surface area contributed by atoms with E-state index >= 15 is 0 Å². The van der Waals surface area contributed by atoms with Gasteiger partial charge in [0.1, 0.15) is 5.75 Å². The first-order chi connectivity index (χ1) is 8.34. The van der Waals surface area contributed by atoms with Crippen LogP contribution < -0.4 is 10.1 Å². The number of aryl methyl sites for hydroxylation is 1. The van der Waals surface area contributed by atoms with Crippen LogP contribution in [0.25, 0.3) is 0 Å². The molecule has 18 heavy (non-hydrogen) atoms. The van der Waals surface area contributed by atoms with Crippen LogP contribution in [0.3, 0.4) is 0 Å². The van der Waals surface area contributed by atoms with Gasteiger partial charge < -0.3 is 10.1 Å². The molecule has 0 aliphatic heterocycles. The van der Waals surface area contributed by atoms with E-state index in [2.05, 4.69) is 28.2 Å². The van der Waals surface area contributed by atoms with Crippen molar-refractivity contribution in [3.63, 3.8) is 0 Å². The minimum absolute atomic E-state index is 0.0656. The highest BCUT2D eigenvalue weighted by atomic mass is 79.9. The van der Waals surface area contributed by atoms with E-state index < -0.39 is 4.32 Å². The van der Waals surface area contributed by atoms with E-state index in [9.17, 15) is 4.79 Å². The maximum absolute atomic E-state index is 11.8. The lowest BCUT2D eigenvalue weighted by Crippen LogP contribution is -2.30. The van der Waals surface area contributed by atoms with Crippen LogP contribution in [0.1, 0.15) is 32.8 Å². The summed E-state index contributed by atoms with van der Waals surface area (Å²) >= 11 is 3.33. The molecular weight excluding hydrogens is 294 g/mol. The lowest BCUT2D eigenvalue weighted by Gasteiger charge is -2.16. The molecule has 3 nitrogen and oxygen atoms in total. The quantitative estimate of drug-likeness (QED) is 0.837. The van der Waals surface area contributed by atoms with Gasteiger partial charge >= 0.3 is 0 Å². The number of rotatable bonds is 5. The third kappa shape index (κ3) is 4.33. The minimum Gasteiger partial charge on any atom is -0.493 e. The molecule has 1 aromatic rings. The highest BCUT2D eigenvalue weighted by molar-refractivity contribution is 9.10. The molecule has 100 valence electrons. The fourth-order valence-corrected chi connectivity index (χ4v) is 1.48. The maximum atomic E-state index is 11.8. The SMILES string of the molecule is CCCOc1ccc(NC(=O)C(C)(C)Br)cc1C. The number of benzene rings is 1. The van der Waals surface area contributed by atoms with Gasteiger partial charge in [-0.1, -0.05) is 22.9 Å². The molecule has 0 atom stereocenters. The van der Waals surface area contributed by atoms with Gasteiger partial charge in [0.2, 0.25) is 5.91 Å². The smallest absolute Gasteiger partial charge is 0.240 e. The number of amides is 1. The monoisotopic (exact) mass is 313 g/mol. The first-order valence-corrected chi connectivity index (χ1v) is 6.87. The molecule has 0 aromatic heterocycles. The molecule has 0 saturated heterocycles. The predicted octanol–water partition coefficient (Wildman–Crippen LogP) is 3.90. The van der Waals surface area contributed by atoms with Gasteiger partial charge in [-0.05, 0) is 51.0 Å². The second-order valence-corrected chi connectivity index (χ2v) is 6.74. The normalized spacial score (nSPS) is 11.2. The Balaban J connectivity index is 2.75. The molecule has 0 radical (unpaired) electrons. The average molecular weight is 314 g/mol. The van der Waals surface area contributed by atoms with E-state index in [4.69, 9.17) is 4.74 Å². The largest absolute Gasteiger partial charge is 0.493 e. The molecule has 1 aromatic carbocycles. The summed E-state index contributed by atoms with van der Waals surface area (Å²) in [6.45, 7) is 8.38. The first-order valence-electron chi connectivity index (χ1n) is 6.08. The van der Waals surface area contributed by atoms with E-state index in [-0.39, 0.29) is 5.91 Å². The Kier molecular flexibility index (Phi) is 5.20. The zero-order valence-electron chi connectivity index (χ0n) is 11.3.